The SMILES string of the molecule is Cc1cccc(N2CCC(c3nc(N)cnc3CN(C)CCN)CC2)c1. The van der Waals surface area contributed by atoms with Crippen molar-refractivity contribution in [3.63, 3.8) is 0 Å². The number of rotatable bonds is 6. The summed E-state index contributed by atoms with van der Waals surface area (Å²) in [6.45, 7) is 6.45. The molecule has 1 aromatic heterocycles. The van der Waals surface area contributed by atoms with Crippen LogP contribution in [0.4, 0.5) is 11.5 Å². The van der Waals surface area contributed by atoms with Crippen molar-refractivity contribution in [3.8, 4) is 0 Å². The smallest absolute Gasteiger partial charge is 0.142 e. The Hall–Kier alpha value is -2.18. The van der Waals surface area contributed by atoms with E-state index < -0.39 is 0 Å². The van der Waals surface area contributed by atoms with Gasteiger partial charge in [0, 0.05) is 44.3 Å². The highest BCUT2D eigenvalue weighted by atomic mass is 15.1. The van der Waals surface area contributed by atoms with Gasteiger partial charge in [0.2, 0.25) is 0 Å². The maximum atomic E-state index is 5.94. The molecule has 2 heterocycles. The van der Waals surface area contributed by atoms with Crippen LogP contribution in [0.3, 0.4) is 0 Å². The molecular weight excluding hydrogens is 324 g/mol. The Morgan fingerprint density at radius 1 is 1.27 bits per heavy atom. The van der Waals surface area contributed by atoms with Gasteiger partial charge in [0.25, 0.3) is 0 Å². The molecule has 0 unspecified atom stereocenters. The van der Waals surface area contributed by atoms with Crippen LogP contribution in [0.5, 0.6) is 0 Å². The zero-order chi connectivity index (χ0) is 18.5. The van der Waals surface area contributed by atoms with Gasteiger partial charge in [-0.25, -0.2) is 4.98 Å². The summed E-state index contributed by atoms with van der Waals surface area (Å²) in [6.07, 6.45) is 3.80. The lowest BCUT2D eigenvalue weighted by atomic mass is 9.91. The van der Waals surface area contributed by atoms with Gasteiger partial charge in [-0.2, -0.15) is 0 Å². The van der Waals surface area contributed by atoms with Crippen molar-refractivity contribution in [2.45, 2.75) is 32.2 Å². The van der Waals surface area contributed by atoms with Gasteiger partial charge < -0.3 is 16.4 Å². The molecule has 6 nitrogen and oxygen atoms in total. The molecule has 1 aromatic carbocycles. The first-order chi connectivity index (χ1) is 12.6. The Balaban J connectivity index is 1.71. The molecule has 6 heteroatoms. The van der Waals surface area contributed by atoms with Crippen molar-refractivity contribution in [2.24, 2.45) is 5.73 Å². The predicted octanol–water partition coefficient (Wildman–Crippen LogP) is 2.14. The van der Waals surface area contributed by atoms with E-state index in [4.69, 9.17) is 11.5 Å². The van der Waals surface area contributed by atoms with Crippen LogP contribution in [0.1, 0.15) is 35.7 Å². The standard InChI is InChI=1S/C20H30N6/c1-15-4-3-5-17(12-15)26-9-6-16(7-10-26)20-18(14-25(2)11-8-21)23-13-19(22)24-20/h3-5,12-13,16H,6-11,14,21H2,1-2H3,(H2,22,24). The quantitative estimate of drug-likeness (QED) is 0.827. The molecular formula is C20H30N6. The average Bonchev–Trinajstić information content (AvgIpc) is 2.63. The number of benzene rings is 1. The van der Waals surface area contributed by atoms with E-state index in [1.807, 2.05) is 0 Å². The molecule has 0 bridgehead atoms. The molecule has 1 aliphatic rings. The van der Waals surface area contributed by atoms with Gasteiger partial charge in [-0.3, -0.25) is 9.88 Å². The summed E-state index contributed by atoms with van der Waals surface area (Å²) in [4.78, 5) is 13.9. The Labute approximate surface area is 156 Å². The molecule has 0 radical (unpaired) electrons. The fourth-order valence-corrected chi connectivity index (χ4v) is 3.68. The van der Waals surface area contributed by atoms with Gasteiger partial charge in [0.1, 0.15) is 5.82 Å². The van der Waals surface area contributed by atoms with Crippen molar-refractivity contribution >= 4 is 11.5 Å². The molecule has 1 saturated heterocycles. The van der Waals surface area contributed by atoms with Crippen LogP contribution in [0, 0.1) is 6.92 Å². The van der Waals surface area contributed by atoms with E-state index in [-0.39, 0.29) is 0 Å². The van der Waals surface area contributed by atoms with E-state index in [1.54, 1.807) is 6.20 Å². The molecule has 0 spiro atoms. The zero-order valence-corrected chi connectivity index (χ0v) is 15.9. The van der Waals surface area contributed by atoms with Gasteiger partial charge in [0.05, 0.1) is 17.6 Å². The predicted molar refractivity (Wildman–Crippen MR) is 107 cm³/mol. The Kier molecular flexibility index (Phi) is 6.06. The van der Waals surface area contributed by atoms with E-state index in [1.165, 1.54) is 11.3 Å². The summed E-state index contributed by atoms with van der Waals surface area (Å²) in [6, 6.07) is 8.73. The minimum atomic E-state index is 0.410. The van der Waals surface area contributed by atoms with Crippen LogP contribution in [0.15, 0.2) is 30.5 Å². The number of aryl methyl sites for hydroxylation is 1. The number of nitrogens with zero attached hydrogens (tertiary/aromatic N) is 4. The largest absolute Gasteiger partial charge is 0.382 e. The van der Waals surface area contributed by atoms with Gasteiger partial charge in [-0.05, 0) is 44.5 Å². The lowest BCUT2D eigenvalue weighted by Crippen LogP contribution is -2.34. The van der Waals surface area contributed by atoms with Crippen molar-refractivity contribution in [2.75, 3.05) is 43.9 Å². The Morgan fingerprint density at radius 2 is 2.04 bits per heavy atom. The topological polar surface area (TPSA) is 84.3 Å². The van der Waals surface area contributed by atoms with Crippen molar-refractivity contribution in [1.82, 2.24) is 14.9 Å². The Bertz CT molecular complexity index is 724. The zero-order valence-electron chi connectivity index (χ0n) is 15.9. The van der Waals surface area contributed by atoms with Crippen molar-refractivity contribution in [1.29, 1.82) is 0 Å². The highest BCUT2D eigenvalue weighted by Crippen LogP contribution is 2.31. The normalized spacial score (nSPS) is 15.6. The molecule has 4 N–H and O–H groups in total. The van der Waals surface area contributed by atoms with E-state index in [0.717, 1.165) is 50.4 Å². The minimum absolute atomic E-state index is 0.410. The molecule has 1 aliphatic heterocycles. The van der Waals surface area contributed by atoms with Gasteiger partial charge >= 0.3 is 0 Å². The van der Waals surface area contributed by atoms with Crippen LogP contribution in [-0.2, 0) is 6.54 Å². The number of hydrogen-bond donors (Lipinski definition) is 2. The summed E-state index contributed by atoms with van der Waals surface area (Å²) >= 11 is 0. The summed E-state index contributed by atoms with van der Waals surface area (Å²) < 4.78 is 0. The minimum Gasteiger partial charge on any atom is -0.382 e. The van der Waals surface area contributed by atoms with Gasteiger partial charge in [-0.1, -0.05) is 12.1 Å². The molecule has 140 valence electrons. The number of anilines is 2. The molecule has 0 amide bonds. The second kappa shape index (κ2) is 8.47. The van der Waals surface area contributed by atoms with Crippen LogP contribution in [0.2, 0.25) is 0 Å². The van der Waals surface area contributed by atoms with E-state index >= 15 is 0 Å². The fraction of sp³-hybridized carbons (Fsp3) is 0.500. The van der Waals surface area contributed by atoms with Crippen LogP contribution >= 0.6 is 0 Å². The number of piperidine rings is 1. The first-order valence-electron chi connectivity index (χ1n) is 9.38. The monoisotopic (exact) mass is 354 g/mol. The molecule has 0 aliphatic carbocycles. The third-order valence-corrected chi connectivity index (χ3v) is 5.08. The number of hydrogen-bond acceptors (Lipinski definition) is 6. The van der Waals surface area contributed by atoms with E-state index in [9.17, 15) is 0 Å². The van der Waals surface area contributed by atoms with Crippen LogP contribution < -0.4 is 16.4 Å². The molecule has 2 aromatic rings. The second-order valence-corrected chi connectivity index (χ2v) is 7.25. The molecule has 1 fully saturated rings. The second-order valence-electron chi connectivity index (χ2n) is 7.25. The summed E-state index contributed by atoms with van der Waals surface area (Å²) in [5.41, 5.74) is 16.3. The summed E-state index contributed by atoms with van der Waals surface area (Å²) in [7, 11) is 2.06. The first kappa shape index (κ1) is 18.6. The number of aromatic nitrogens is 2. The van der Waals surface area contributed by atoms with E-state index in [2.05, 4.69) is 58.0 Å². The maximum Gasteiger partial charge on any atom is 0.142 e. The number of nitrogens with two attached hydrogens (primary N) is 2. The van der Waals surface area contributed by atoms with Crippen molar-refractivity contribution in [3.05, 3.63) is 47.4 Å². The molecule has 26 heavy (non-hydrogen) atoms. The number of nitrogen functional groups attached to an aromatic ring is 1. The molecule has 0 saturated carbocycles. The fourth-order valence-electron chi connectivity index (χ4n) is 3.68. The highest BCUT2D eigenvalue weighted by molar-refractivity contribution is 5.49. The number of likely N-dealkylation sites (N-methyl/N-ethyl adjacent to an activating group) is 1. The summed E-state index contributed by atoms with van der Waals surface area (Å²) in [5.74, 6) is 0.916. The lowest BCUT2D eigenvalue weighted by Gasteiger charge is -2.34. The first-order valence-corrected chi connectivity index (χ1v) is 9.38. The summed E-state index contributed by atoms with van der Waals surface area (Å²) in [5, 5.41) is 0. The molecule has 3 rings (SSSR count). The highest BCUT2D eigenvalue weighted by Gasteiger charge is 2.25. The third-order valence-electron chi connectivity index (χ3n) is 5.08. The maximum absolute atomic E-state index is 5.94. The van der Waals surface area contributed by atoms with Crippen LogP contribution in [-0.4, -0.2) is 48.1 Å². The molecule has 0 atom stereocenters. The van der Waals surface area contributed by atoms with E-state index in [0.29, 0.717) is 18.3 Å². The van der Waals surface area contributed by atoms with Crippen molar-refractivity contribution < 1.29 is 0 Å². The lowest BCUT2D eigenvalue weighted by molar-refractivity contribution is 0.328. The Morgan fingerprint density at radius 3 is 2.73 bits per heavy atom. The third kappa shape index (κ3) is 4.51. The van der Waals surface area contributed by atoms with Gasteiger partial charge in [0.15, 0.2) is 0 Å². The van der Waals surface area contributed by atoms with Gasteiger partial charge in [-0.15, -0.1) is 0 Å². The average molecular weight is 355 g/mol. The van der Waals surface area contributed by atoms with Crippen LogP contribution in [0.25, 0.3) is 0 Å².